The second kappa shape index (κ2) is 5.30. The molecule has 1 aromatic heterocycles. The largest absolute Gasteiger partial charge is 0.368 e. The monoisotopic (exact) mass is 219 g/mol. The minimum atomic E-state index is 0.776. The van der Waals surface area contributed by atoms with E-state index in [1.165, 1.54) is 30.5 Å². The number of hydrogen-bond donors (Lipinski definition) is 1. The standard InChI is InChI=1S/C13H21N3/c1-3-8-16(12-4-5-12)13-6-7-15-10-11(13)9-14-2/h6-7,10,12,14H,3-5,8-9H2,1-2H3. The summed E-state index contributed by atoms with van der Waals surface area (Å²) in [7, 11) is 1.98. The highest BCUT2D eigenvalue weighted by Gasteiger charge is 2.29. The van der Waals surface area contributed by atoms with Crippen molar-refractivity contribution in [1.82, 2.24) is 10.3 Å². The molecule has 1 aliphatic rings. The second-order valence-electron chi connectivity index (χ2n) is 4.46. The Bertz CT molecular complexity index is 334. The Hall–Kier alpha value is -1.09. The highest BCUT2D eigenvalue weighted by molar-refractivity contribution is 5.54. The Kier molecular flexibility index (Phi) is 3.78. The number of pyridine rings is 1. The fourth-order valence-electron chi connectivity index (χ4n) is 2.15. The summed E-state index contributed by atoms with van der Waals surface area (Å²) in [6.07, 6.45) is 7.79. The van der Waals surface area contributed by atoms with Gasteiger partial charge in [0, 0.05) is 42.8 Å². The first kappa shape index (κ1) is 11.4. The van der Waals surface area contributed by atoms with Crippen LogP contribution in [0, 0.1) is 0 Å². The first-order valence-corrected chi connectivity index (χ1v) is 6.21. The van der Waals surface area contributed by atoms with E-state index in [0.29, 0.717) is 0 Å². The number of nitrogens with one attached hydrogen (secondary N) is 1. The van der Waals surface area contributed by atoms with Gasteiger partial charge in [-0.05, 0) is 32.4 Å². The molecular weight excluding hydrogens is 198 g/mol. The maximum absolute atomic E-state index is 4.22. The Morgan fingerprint density at radius 1 is 1.50 bits per heavy atom. The molecule has 0 bridgehead atoms. The maximum atomic E-state index is 4.22. The summed E-state index contributed by atoms with van der Waals surface area (Å²) >= 11 is 0. The molecule has 0 unspecified atom stereocenters. The van der Waals surface area contributed by atoms with E-state index in [1.54, 1.807) is 0 Å². The molecule has 3 nitrogen and oxygen atoms in total. The lowest BCUT2D eigenvalue weighted by atomic mass is 10.2. The quantitative estimate of drug-likeness (QED) is 0.795. The SMILES string of the molecule is CCCN(c1ccncc1CNC)C1CC1. The smallest absolute Gasteiger partial charge is 0.0445 e. The first-order valence-electron chi connectivity index (χ1n) is 6.21. The molecule has 1 aliphatic carbocycles. The van der Waals surface area contributed by atoms with Crippen LogP contribution in [0.4, 0.5) is 5.69 Å². The first-order chi connectivity index (χ1) is 7.86. The van der Waals surface area contributed by atoms with Gasteiger partial charge in [0.1, 0.15) is 0 Å². The van der Waals surface area contributed by atoms with Gasteiger partial charge >= 0.3 is 0 Å². The molecule has 0 radical (unpaired) electrons. The predicted octanol–water partition coefficient (Wildman–Crippen LogP) is 2.18. The van der Waals surface area contributed by atoms with Gasteiger partial charge < -0.3 is 10.2 Å². The lowest BCUT2D eigenvalue weighted by Gasteiger charge is -2.26. The van der Waals surface area contributed by atoms with E-state index >= 15 is 0 Å². The van der Waals surface area contributed by atoms with Crippen LogP contribution in [0.15, 0.2) is 18.5 Å². The van der Waals surface area contributed by atoms with E-state index < -0.39 is 0 Å². The molecule has 1 aromatic rings. The van der Waals surface area contributed by atoms with Crippen LogP contribution in [0.25, 0.3) is 0 Å². The molecule has 88 valence electrons. The molecule has 0 amide bonds. The Morgan fingerprint density at radius 3 is 2.94 bits per heavy atom. The zero-order valence-corrected chi connectivity index (χ0v) is 10.2. The van der Waals surface area contributed by atoms with Crippen molar-refractivity contribution in [3.05, 3.63) is 24.0 Å². The van der Waals surface area contributed by atoms with Gasteiger partial charge in [0.15, 0.2) is 0 Å². The van der Waals surface area contributed by atoms with Crippen molar-refractivity contribution in [3.8, 4) is 0 Å². The third-order valence-electron chi connectivity index (χ3n) is 3.01. The summed E-state index contributed by atoms with van der Waals surface area (Å²) in [6, 6.07) is 2.93. The zero-order chi connectivity index (χ0) is 11.4. The molecule has 3 heteroatoms. The second-order valence-corrected chi connectivity index (χ2v) is 4.46. The van der Waals surface area contributed by atoms with Gasteiger partial charge in [0.05, 0.1) is 0 Å². The minimum Gasteiger partial charge on any atom is -0.368 e. The van der Waals surface area contributed by atoms with Gasteiger partial charge in [-0.3, -0.25) is 4.98 Å². The van der Waals surface area contributed by atoms with Crippen molar-refractivity contribution in [2.75, 3.05) is 18.5 Å². The minimum absolute atomic E-state index is 0.776. The van der Waals surface area contributed by atoms with Crippen molar-refractivity contribution in [2.24, 2.45) is 0 Å². The summed E-state index contributed by atoms with van der Waals surface area (Å²) in [5.74, 6) is 0. The fourth-order valence-corrected chi connectivity index (χ4v) is 2.15. The van der Waals surface area contributed by atoms with Gasteiger partial charge in [-0.1, -0.05) is 6.92 Å². The van der Waals surface area contributed by atoms with Crippen LogP contribution in [0.1, 0.15) is 31.7 Å². The summed E-state index contributed by atoms with van der Waals surface area (Å²) in [5.41, 5.74) is 2.68. The molecular formula is C13H21N3. The van der Waals surface area contributed by atoms with Crippen LogP contribution in [0.5, 0.6) is 0 Å². The molecule has 2 rings (SSSR count). The van der Waals surface area contributed by atoms with Gasteiger partial charge in [-0.2, -0.15) is 0 Å². The van der Waals surface area contributed by atoms with Crippen molar-refractivity contribution < 1.29 is 0 Å². The molecule has 0 atom stereocenters. The van der Waals surface area contributed by atoms with Crippen LogP contribution in [-0.2, 0) is 6.54 Å². The third kappa shape index (κ3) is 2.53. The average Bonchev–Trinajstić information content (AvgIpc) is 3.11. The van der Waals surface area contributed by atoms with Gasteiger partial charge in [-0.25, -0.2) is 0 Å². The average molecular weight is 219 g/mol. The number of anilines is 1. The zero-order valence-electron chi connectivity index (χ0n) is 10.2. The molecule has 0 aliphatic heterocycles. The van der Waals surface area contributed by atoms with E-state index in [-0.39, 0.29) is 0 Å². The Morgan fingerprint density at radius 2 is 2.31 bits per heavy atom. The van der Waals surface area contributed by atoms with Crippen LogP contribution >= 0.6 is 0 Å². The topological polar surface area (TPSA) is 28.2 Å². The van der Waals surface area contributed by atoms with Gasteiger partial charge in [0.25, 0.3) is 0 Å². The van der Waals surface area contributed by atoms with Crippen molar-refractivity contribution in [1.29, 1.82) is 0 Å². The van der Waals surface area contributed by atoms with Gasteiger partial charge in [-0.15, -0.1) is 0 Å². The van der Waals surface area contributed by atoms with Crippen molar-refractivity contribution in [3.63, 3.8) is 0 Å². The molecule has 0 aromatic carbocycles. The van der Waals surface area contributed by atoms with Crippen LogP contribution in [0.3, 0.4) is 0 Å². The van der Waals surface area contributed by atoms with Crippen molar-refractivity contribution >= 4 is 5.69 Å². The van der Waals surface area contributed by atoms with E-state index in [9.17, 15) is 0 Å². The fraction of sp³-hybridized carbons (Fsp3) is 0.615. The number of aromatic nitrogens is 1. The lowest BCUT2D eigenvalue weighted by Crippen LogP contribution is -2.28. The molecule has 1 fully saturated rings. The number of hydrogen-bond acceptors (Lipinski definition) is 3. The lowest BCUT2D eigenvalue weighted by molar-refractivity contribution is 0.743. The normalized spacial score (nSPS) is 15.1. The Balaban J connectivity index is 2.21. The van der Waals surface area contributed by atoms with E-state index in [1.807, 2.05) is 19.4 Å². The summed E-state index contributed by atoms with van der Waals surface area (Å²) < 4.78 is 0. The van der Waals surface area contributed by atoms with E-state index in [4.69, 9.17) is 0 Å². The van der Waals surface area contributed by atoms with Crippen molar-refractivity contribution in [2.45, 2.75) is 38.8 Å². The van der Waals surface area contributed by atoms with E-state index in [2.05, 4.69) is 28.2 Å². The highest BCUT2D eigenvalue weighted by atomic mass is 15.2. The summed E-state index contributed by atoms with van der Waals surface area (Å²) in [6.45, 7) is 4.30. The summed E-state index contributed by atoms with van der Waals surface area (Å²) in [5, 5.41) is 3.21. The molecule has 0 saturated heterocycles. The third-order valence-corrected chi connectivity index (χ3v) is 3.01. The van der Waals surface area contributed by atoms with Crippen LogP contribution < -0.4 is 10.2 Å². The molecule has 1 saturated carbocycles. The number of nitrogens with zero attached hydrogens (tertiary/aromatic N) is 2. The molecule has 1 heterocycles. The van der Waals surface area contributed by atoms with Crippen LogP contribution in [-0.4, -0.2) is 24.6 Å². The van der Waals surface area contributed by atoms with E-state index in [0.717, 1.165) is 19.1 Å². The Labute approximate surface area is 97.9 Å². The summed E-state index contributed by atoms with van der Waals surface area (Å²) in [4.78, 5) is 6.77. The number of rotatable bonds is 6. The molecule has 16 heavy (non-hydrogen) atoms. The molecule has 0 spiro atoms. The van der Waals surface area contributed by atoms with Crippen LogP contribution in [0.2, 0.25) is 0 Å². The predicted molar refractivity (Wildman–Crippen MR) is 67.7 cm³/mol. The molecule has 1 N–H and O–H groups in total. The van der Waals surface area contributed by atoms with Gasteiger partial charge in [0.2, 0.25) is 0 Å². The maximum Gasteiger partial charge on any atom is 0.0445 e. The highest BCUT2D eigenvalue weighted by Crippen LogP contribution is 2.33.